The van der Waals surface area contributed by atoms with Crippen molar-refractivity contribution in [1.29, 1.82) is 0 Å². The Labute approximate surface area is 98.3 Å². The van der Waals surface area contributed by atoms with Crippen molar-refractivity contribution >= 4 is 11.0 Å². The molecule has 17 heavy (non-hydrogen) atoms. The molecule has 4 heteroatoms. The van der Waals surface area contributed by atoms with Gasteiger partial charge in [0.25, 0.3) is 0 Å². The van der Waals surface area contributed by atoms with Crippen LogP contribution in [0.5, 0.6) is 5.75 Å². The van der Waals surface area contributed by atoms with Crippen molar-refractivity contribution in [3.05, 3.63) is 42.9 Å². The second-order valence-electron chi connectivity index (χ2n) is 3.66. The highest BCUT2D eigenvalue weighted by Crippen LogP contribution is 2.23. The Morgan fingerprint density at radius 3 is 3.00 bits per heavy atom. The summed E-state index contributed by atoms with van der Waals surface area (Å²) in [7, 11) is 1.63. The first-order valence-electron chi connectivity index (χ1n) is 5.21. The van der Waals surface area contributed by atoms with Gasteiger partial charge in [-0.25, -0.2) is 9.97 Å². The van der Waals surface area contributed by atoms with E-state index >= 15 is 0 Å². The summed E-state index contributed by atoms with van der Waals surface area (Å²) in [6.45, 7) is 0. The van der Waals surface area contributed by atoms with E-state index in [2.05, 4.69) is 21.0 Å². The number of H-pyrrole nitrogens is 1. The standard InChI is InChI=1S/C13H10N3O/c1-17-11-4-2-9(3-5-11)12-6-10-7-14-8-15-13(10)16-12/h2-4,6-8H,1H3,(H,14,15,16). The first-order chi connectivity index (χ1) is 8.36. The predicted molar refractivity (Wildman–Crippen MR) is 64.7 cm³/mol. The molecule has 0 unspecified atom stereocenters. The average molecular weight is 224 g/mol. The fourth-order valence-electron chi connectivity index (χ4n) is 1.73. The van der Waals surface area contributed by atoms with Crippen LogP contribution in [0.3, 0.4) is 0 Å². The van der Waals surface area contributed by atoms with Crippen molar-refractivity contribution in [2.45, 2.75) is 0 Å². The highest BCUT2D eigenvalue weighted by molar-refractivity contribution is 5.82. The van der Waals surface area contributed by atoms with Gasteiger partial charge >= 0.3 is 0 Å². The van der Waals surface area contributed by atoms with Crippen molar-refractivity contribution in [3.63, 3.8) is 0 Å². The lowest BCUT2D eigenvalue weighted by Gasteiger charge is -2.00. The first kappa shape index (κ1) is 9.84. The molecule has 0 amide bonds. The Morgan fingerprint density at radius 1 is 1.35 bits per heavy atom. The van der Waals surface area contributed by atoms with Gasteiger partial charge in [0.15, 0.2) is 0 Å². The third-order valence-corrected chi connectivity index (χ3v) is 2.61. The summed E-state index contributed by atoms with van der Waals surface area (Å²) in [5.41, 5.74) is 2.88. The van der Waals surface area contributed by atoms with E-state index in [0.29, 0.717) is 0 Å². The Morgan fingerprint density at radius 2 is 2.29 bits per heavy atom. The van der Waals surface area contributed by atoms with Crippen LogP contribution in [0.1, 0.15) is 0 Å². The molecule has 0 fully saturated rings. The number of fused-ring (bicyclic) bond motifs is 1. The lowest BCUT2D eigenvalue weighted by Crippen LogP contribution is -1.83. The van der Waals surface area contributed by atoms with Gasteiger partial charge in [-0.2, -0.15) is 0 Å². The highest BCUT2D eigenvalue weighted by atomic mass is 16.5. The Hall–Kier alpha value is -2.36. The van der Waals surface area contributed by atoms with Gasteiger partial charge < -0.3 is 9.72 Å². The molecule has 2 heterocycles. The molecule has 1 aromatic carbocycles. The van der Waals surface area contributed by atoms with E-state index in [1.165, 1.54) is 6.33 Å². The van der Waals surface area contributed by atoms with E-state index in [4.69, 9.17) is 4.74 Å². The number of aromatic amines is 1. The SMILES string of the molecule is COc1[c]cc(-c2cc3cncnc3[nH]2)cc1. The van der Waals surface area contributed by atoms with Crippen LogP contribution in [-0.2, 0) is 0 Å². The number of ether oxygens (including phenoxy) is 1. The number of hydrogen-bond donors (Lipinski definition) is 1. The summed E-state index contributed by atoms with van der Waals surface area (Å²) in [4.78, 5) is 11.4. The summed E-state index contributed by atoms with van der Waals surface area (Å²) >= 11 is 0. The molecule has 3 aromatic rings. The molecule has 1 N–H and O–H groups in total. The topological polar surface area (TPSA) is 50.8 Å². The lowest BCUT2D eigenvalue weighted by molar-refractivity contribution is 0.414. The minimum atomic E-state index is 0.727. The van der Waals surface area contributed by atoms with E-state index in [-0.39, 0.29) is 0 Å². The average Bonchev–Trinajstić information content (AvgIpc) is 2.82. The number of nitrogens with zero attached hydrogens (tertiary/aromatic N) is 2. The second kappa shape index (κ2) is 3.90. The Balaban J connectivity index is 2.07. The maximum atomic E-state index is 5.08. The summed E-state index contributed by atoms with van der Waals surface area (Å²) < 4.78 is 5.08. The molecule has 2 aromatic heterocycles. The molecule has 3 rings (SSSR count). The summed E-state index contributed by atoms with van der Waals surface area (Å²) in [6.07, 6.45) is 3.32. The zero-order valence-electron chi connectivity index (χ0n) is 9.27. The number of rotatable bonds is 2. The van der Waals surface area contributed by atoms with Gasteiger partial charge in [0.2, 0.25) is 0 Å². The highest BCUT2D eigenvalue weighted by Gasteiger charge is 2.04. The molecule has 0 saturated heterocycles. The number of aromatic nitrogens is 3. The minimum absolute atomic E-state index is 0.727. The number of methoxy groups -OCH3 is 1. The summed E-state index contributed by atoms with van der Waals surface area (Å²) in [5.74, 6) is 0.727. The molecule has 0 saturated carbocycles. The Bertz CT molecular complexity index is 610. The van der Waals surface area contributed by atoms with Gasteiger partial charge in [0.05, 0.1) is 7.11 Å². The lowest BCUT2D eigenvalue weighted by atomic mass is 10.1. The molecule has 0 aliphatic carbocycles. The molecule has 83 valence electrons. The van der Waals surface area contributed by atoms with E-state index in [9.17, 15) is 0 Å². The van der Waals surface area contributed by atoms with Crippen LogP contribution in [0.4, 0.5) is 0 Å². The minimum Gasteiger partial charge on any atom is -0.496 e. The maximum absolute atomic E-state index is 5.08. The zero-order valence-corrected chi connectivity index (χ0v) is 9.27. The number of hydrogen-bond acceptors (Lipinski definition) is 3. The third-order valence-electron chi connectivity index (χ3n) is 2.61. The molecule has 0 spiro atoms. The second-order valence-corrected chi connectivity index (χ2v) is 3.66. The van der Waals surface area contributed by atoms with Crippen LogP contribution in [0.25, 0.3) is 22.3 Å². The molecule has 0 atom stereocenters. The maximum Gasteiger partial charge on any atom is 0.141 e. The normalized spacial score (nSPS) is 10.6. The molecule has 1 radical (unpaired) electrons. The van der Waals surface area contributed by atoms with Crippen molar-refractivity contribution in [3.8, 4) is 17.0 Å². The van der Waals surface area contributed by atoms with E-state index in [1.807, 2.05) is 24.3 Å². The molecular weight excluding hydrogens is 214 g/mol. The van der Waals surface area contributed by atoms with Crippen LogP contribution in [0.15, 0.2) is 36.8 Å². The number of nitrogens with one attached hydrogen (secondary N) is 1. The van der Waals surface area contributed by atoms with Crippen LogP contribution in [-0.4, -0.2) is 22.1 Å². The van der Waals surface area contributed by atoms with Crippen molar-refractivity contribution in [2.75, 3.05) is 7.11 Å². The Kier molecular flexibility index (Phi) is 2.26. The van der Waals surface area contributed by atoms with Crippen molar-refractivity contribution in [2.24, 2.45) is 0 Å². The molecule has 0 bridgehead atoms. The van der Waals surface area contributed by atoms with E-state index < -0.39 is 0 Å². The van der Waals surface area contributed by atoms with Gasteiger partial charge in [-0.1, -0.05) is 0 Å². The summed E-state index contributed by atoms with van der Waals surface area (Å²) in [5, 5.41) is 0.998. The quantitative estimate of drug-likeness (QED) is 0.727. The van der Waals surface area contributed by atoms with Gasteiger partial charge in [0.1, 0.15) is 17.7 Å². The van der Waals surface area contributed by atoms with Gasteiger partial charge in [-0.05, 0) is 29.8 Å². The molecular formula is C13H10N3O. The smallest absolute Gasteiger partial charge is 0.141 e. The van der Waals surface area contributed by atoms with Crippen molar-refractivity contribution in [1.82, 2.24) is 15.0 Å². The van der Waals surface area contributed by atoms with Crippen molar-refractivity contribution < 1.29 is 4.74 Å². The van der Waals surface area contributed by atoms with Crippen LogP contribution in [0.2, 0.25) is 0 Å². The molecule has 4 nitrogen and oxygen atoms in total. The van der Waals surface area contributed by atoms with E-state index in [0.717, 1.165) is 28.0 Å². The largest absolute Gasteiger partial charge is 0.496 e. The van der Waals surface area contributed by atoms with Crippen LogP contribution >= 0.6 is 0 Å². The van der Waals surface area contributed by atoms with E-state index in [1.54, 1.807) is 13.3 Å². The fourth-order valence-corrected chi connectivity index (χ4v) is 1.73. The van der Waals surface area contributed by atoms with Gasteiger partial charge in [-0.3, -0.25) is 0 Å². The van der Waals surface area contributed by atoms with Crippen LogP contribution in [0, 0.1) is 6.07 Å². The monoisotopic (exact) mass is 224 g/mol. The first-order valence-corrected chi connectivity index (χ1v) is 5.21. The third kappa shape index (κ3) is 1.73. The molecule has 0 aliphatic heterocycles. The zero-order chi connectivity index (χ0) is 11.7. The molecule has 0 aliphatic rings. The fraction of sp³-hybridized carbons (Fsp3) is 0.0769. The number of benzene rings is 1. The van der Waals surface area contributed by atoms with Crippen LogP contribution < -0.4 is 4.74 Å². The van der Waals surface area contributed by atoms with Gasteiger partial charge in [0, 0.05) is 23.3 Å². The van der Waals surface area contributed by atoms with Gasteiger partial charge in [-0.15, -0.1) is 0 Å². The summed E-state index contributed by atoms with van der Waals surface area (Å²) in [6, 6.07) is 10.8. The predicted octanol–water partition coefficient (Wildman–Crippen LogP) is 2.43.